The average Bonchev–Trinajstić information content (AvgIpc) is 3.09. The van der Waals surface area contributed by atoms with Crippen molar-refractivity contribution in [2.24, 2.45) is 17.8 Å². The van der Waals surface area contributed by atoms with Gasteiger partial charge in [-0.15, -0.1) is 0 Å². The topological polar surface area (TPSA) is 27.7 Å². The van der Waals surface area contributed by atoms with E-state index >= 15 is 0 Å². The molecule has 3 unspecified atom stereocenters. The molecule has 1 saturated heterocycles. The van der Waals surface area contributed by atoms with Crippen molar-refractivity contribution in [1.29, 1.82) is 0 Å². The Kier molecular flexibility index (Phi) is 6.63. The molecular weight excluding hydrogens is 312 g/mol. The molecule has 0 aromatic heterocycles. The second-order valence-electron chi connectivity index (χ2n) is 8.19. The summed E-state index contributed by atoms with van der Waals surface area (Å²) < 4.78 is 16.6. The van der Waals surface area contributed by atoms with Crippen molar-refractivity contribution in [2.75, 3.05) is 20.0 Å². The Morgan fingerprint density at radius 3 is 2.48 bits per heavy atom. The number of ether oxygens (including phenoxy) is 3. The molecule has 1 aromatic carbocycles. The van der Waals surface area contributed by atoms with Gasteiger partial charge >= 0.3 is 0 Å². The fourth-order valence-electron chi connectivity index (χ4n) is 4.32. The number of hydrogen-bond donors (Lipinski definition) is 0. The smallest absolute Gasteiger partial charge is 0.231 e. The van der Waals surface area contributed by atoms with Crippen molar-refractivity contribution < 1.29 is 14.2 Å². The molecule has 3 nitrogen and oxygen atoms in total. The van der Waals surface area contributed by atoms with Gasteiger partial charge in [-0.25, -0.2) is 0 Å². The number of fused-ring (bicyclic) bond motifs is 1. The minimum absolute atomic E-state index is 0.356. The SMILES string of the molecule is CCC(C)CC(CC(C)CC1CCOCC1)c1ccc2c(c1)OCO2. The lowest BCUT2D eigenvalue weighted by Gasteiger charge is -2.28. The van der Waals surface area contributed by atoms with Gasteiger partial charge in [-0.3, -0.25) is 0 Å². The molecule has 2 aliphatic rings. The summed E-state index contributed by atoms with van der Waals surface area (Å²) in [5, 5.41) is 0. The molecular formula is C22H34O3. The van der Waals surface area contributed by atoms with Gasteiger partial charge in [0.05, 0.1) is 0 Å². The molecule has 0 bridgehead atoms. The van der Waals surface area contributed by atoms with Gasteiger partial charge in [-0.1, -0.05) is 33.3 Å². The Balaban J connectivity index is 1.66. The van der Waals surface area contributed by atoms with Crippen LogP contribution in [-0.2, 0) is 4.74 Å². The van der Waals surface area contributed by atoms with E-state index in [1.165, 1.54) is 44.1 Å². The van der Waals surface area contributed by atoms with Crippen molar-refractivity contribution in [2.45, 2.75) is 65.2 Å². The van der Waals surface area contributed by atoms with Crippen LogP contribution in [0.4, 0.5) is 0 Å². The quantitative estimate of drug-likeness (QED) is 0.597. The maximum atomic E-state index is 5.61. The third kappa shape index (κ3) is 5.13. The van der Waals surface area contributed by atoms with Crippen LogP contribution in [0.3, 0.4) is 0 Å². The molecule has 3 rings (SSSR count). The van der Waals surface area contributed by atoms with E-state index in [1.54, 1.807) is 0 Å². The van der Waals surface area contributed by atoms with Crippen molar-refractivity contribution in [1.82, 2.24) is 0 Å². The first-order chi connectivity index (χ1) is 12.2. The van der Waals surface area contributed by atoms with E-state index < -0.39 is 0 Å². The summed E-state index contributed by atoms with van der Waals surface area (Å²) >= 11 is 0. The normalized spacial score (nSPS) is 21.1. The van der Waals surface area contributed by atoms with E-state index in [0.29, 0.717) is 12.7 Å². The van der Waals surface area contributed by atoms with Crippen LogP contribution in [0, 0.1) is 17.8 Å². The van der Waals surface area contributed by atoms with Crippen molar-refractivity contribution in [3.05, 3.63) is 23.8 Å². The lowest BCUT2D eigenvalue weighted by molar-refractivity contribution is 0.0585. The summed E-state index contributed by atoms with van der Waals surface area (Å²) in [6.45, 7) is 9.38. The summed E-state index contributed by atoms with van der Waals surface area (Å²) in [6.07, 6.45) is 7.59. The van der Waals surface area contributed by atoms with Crippen LogP contribution in [-0.4, -0.2) is 20.0 Å². The largest absolute Gasteiger partial charge is 0.454 e. The summed E-state index contributed by atoms with van der Waals surface area (Å²) in [7, 11) is 0. The summed E-state index contributed by atoms with van der Waals surface area (Å²) in [5.74, 6) is 4.78. The van der Waals surface area contributed by atoms with Crippen LogP contribution in [0.15, 0.2) is 18.2 Å². The fraction of sp³-hybridized carbons (Fsp3) is 0.727. The minimum Gasteiger partial charge on any atom is -0.454 e. The highest BCUT2D eigenvalue weighted by molar-refractivity contribution is 5.45. The standard InChI is InChI=1S/C22H34O3/c1-4-16(2)12-20(13-17(3)11-18-7-9-23-10-8-18)19-5-6-21-22(14-19)25-15-24-21/h5-6,14,16-18,20H,4,7-13,15H2,1-3H3. The van der Waals surface area contributed by atoms with E-state index in [9.17, 15) is 0 Å². The lowest BCUT2D eigenvalue weighted by atomic mass is 9.79. The highest BCUT2D eigenvalue weighted by atomic mass is 16.7. The first-order valence-corrected chi connectivity index (χ1v) is 10.1. The van der Waals surface area contributed by atoms with E-state index in [2.05, 4.69) is 39.0 Å². The molecule has 0 radical (unpaired) electrons. The van der Waals surface area contributed by atoms with Gasteiger partial charge in [-0.2, -0.15) is 0 Å². The fourth-order valence-corrected chi connectivity index (χ4v) is 4.32. The predicted molar refractivity (Wildman–Crippen MR) is 101 cm³/mol. The molecule has 0 amide bonds. The molecule has 2 heterocycles. The second kappa shape index (κ2) is 8.93. The highest BCUT2D eigenvalue weighted by Crippen LogP contribution is 2.39. The zero-order valence-corrected chi connectivity index (χ0v) is 16.1. The monoisotopic (exact) mass is 346 g/mol. The number of benzene rings is 1. The molecule has 0 aliphatic carbocycles. The van der Waals surface area contributed by atoms with Gasteiger partial charge in [-0.05, 0) is 73.5 Å². The Hall–Kier alpha value is -1.22. The Morgan fingerprint density at radius 2 is 1.72 bits per heavy atom. The van der Waals surface area contributed by atoms with Crippen molar-refractivity contribution in [3.63, 3.8) is 0 Å². The molecule has 2 aliphatic heterocycles. The Morgan fingerprint density at radius 1 is 1.00 bits per heavy atom. The third-order valence-electron chi connectivity index (χ3n) is 6.02. The van der Waals surface area contributed by atoms with Crippen molar-refractivity contribution >= 4 is 0 Å². The van der Waals surface area contributed by atoms with Gasteiger partial charge in [0.25, 0.3) is 0 Å². The van der Waals surface area contributed by atoms with Gasteiger partial charge in [0.1, 0.15) is 0 Å². The zero-order chi connectivity index (χ0) is 17.6. The van der Waals surface area contributed by atoms with Crippen molar-refractivity contribution in [3.8, 4) is 11.5 Å². The lowest BCUT2D eigenvalue weighted by Crippen LogP contribution is -2.19. The van der Waals surface area contributed by atoms with E-state index in [4.69, 9.17) is 14.2 Å². The molecule has 0 saturated carbocycles. The van der Waals surface area contributed by atoms with E-state index in [-0.39, 0.29) is 0 Å². The van der Waals surface area contributed by atoms with Gasteiger partial charge < -0.3 is 14.2 Å². The first kappa shape index (κ1) is 18.6. The first-order valence-electron chi connectivity index (χ1n) is 10.1. The number of rotatable bonds is 8. The maximum absolute atomic E-state index is 5.61. The van der Waals surface area contributed by atoms with Crippen LogP contribution in [0.5, 0.6) is 11.5 Å². The highest BCUT2D eigenvalue weighted by Gasteiger charge is 2.23. The summed E-state index contributed by atoms with van der Waals surface area (Å²) in [6, 6.07) is 6.56. The van der Waals surface area contributed by atoms with Crippen LogP contribution in [0.1, 0.15) is 70.8 Å². The average molecular weight is 347 g/mol. The molecule has 3 heteroatoms. The summed E-state index contributed by atoms with van der Waals surface area (Å²) in [5.41, 5.74) is 1.42. The van der Waals surface area contributed by atoms with Crippen LogP contribution >= 0.6 is 0 Å². The molecule has 1 fully saturated rings. The minimum atomic E-state index is 0.356. The van der Waals surface area contributed by atoms with Crippen LogP contribution in [0.25, 0.3) is 0 Å². The Labute approximate surface area is 153 Å². The molecule has 1 aromatic rings. The molecule has 3 atom stereocenters. The van der Waals surface area contributed by atoms with Gasteiger partial charge in [0.15, 0.2) is 11.5 Å². The van der Waals surface area contributed by atoms with E-state index in [0.717, 1.165) is 42.5 Å². The third-order valence-corrected chi connectivity index (χ3v) is 6.02. The van der Waals surface area contributed by atoms with Gasteiger partial charge in [0.2, 0.25) is 6.79 Å². The molecule has 0 spiro atoms. The zero-order valence-electron chi connectivity index (χ0n) is 16.1. The molecule has 25 heavy (non-hydrogen) atoms. The predicted octanol–water partition coefficient (Wildman–Crippen LogP) is 5.78. The van der Waals surface area contributed by atoms with E-state index in [1.807, 2.05) is 0 Å². The Bertz CT molecular complexity index is 536. The number of hydrogen-bond acceptors (Lipinski definition) is 3. The van der Waals surface area contributed by atoms with Crippen LogP contribution in [0.2, 0.25) is 0 Å². The second-order valence-corrected chi connectivity index (χ2v) is 8.19. The molecule has 0 N–H and O–H groups in total. The maximum Gasteiger partial charge on any atom is 0.231 e. The van der Waals surface area contributed by atoms with Crippen LogP contribution < -0.4 is 9.47 Å². The summed E-state index contributed by atoms with van der Waals surface area (Å²) in [4.78, 5) is 0. The van der Waals surface area contributed by atoms with Gasteiger partial charge in [0, 0.05) is 13.2 Å². The molecule has 140 valence electrons.